The summed E-state index contributed by atoms with van der Waals surface area (Å²) >= 11 is 1.92. The van der Waals surface area contributed by atoms with Crippen molar-refractivity contribution < 1.29 is 7.80 Å². The van der Waals surface area contributed by atoms with Crippen molar-refractivity contribution in [2.75, 3.05) is 26.8 Å². The summed E-state index contributed by atoms with van der Waals surface area (Å²) in [6, 6.07) is 0. The zero-order valence-electron chi connectivity index (χ0n) is 10.3. The summed E-state index contributed by atoms with van der Waals surface area (Å²) in [6.45, 7) is 9.20. The Morgan fingerprint density at radius 2 is 1.93 bits per heavy atom. The van der Waals surface area contributed by atoms with E-state index >= 15 is 0 Å². The van der Waals surface area contributed by atoms with Crippen LogP contribution >= 0.6 is 23.0 Å². The van der Waals surface area contributed by atoms with Crippen molar-refractivity contribution in [2.45, 2.75) is 39.7 Å². The van der Waals surface area contributed by atoms with Gasteiger partial charge in [0, 0.05) is 13.2 Å². The van der Waals surface area contributed by atoms with E-state index in [1.54, 1.807) is 0 Å². The first-order chi connectivity index (χ1) is 6.99. The summed E-state index contributed by atoms with van der Waals surface area (Å²) in [7, 11) is 1.97. The lowest BCUT2D eigenvalue weighted by Crippen LogP contribution is -2.31. The fourth-order valence-electron chi connectivity index (χ4n) is 1.46. The van der Waals surface area contributed by atoms with E-state index in [0.717, 1.165) is 32.6 Å². The van der Waals surface area contributed by atoms with E-state index < -0.39 is 0 Å². The summed E-state index contributed by atoms with van der Waals surface area (Å²) < 4.78 is 10.8. The minimum absolute atomic E-state index is 0.309. The molecule has 0 saturated carbocycles. The summed E-state index contributed by atoms with van der Waals surface area (Å²) in [5.41, 5.74) is 0.321. The molecule has 0 bridgehead atoms. The Labute approximate surface area is 108 Å². The smallest absolute Gasteiger partial charge is 0.109 e. The largest absolute Gasteiger partial charge is 0.377 e. The zero-order valence-corrected chi connectivity index (χ0v) is 12.5. The van der Waals surface area contributed by atoms with Crippen LogP contribution in [0.2, 0.25) is 0 Å². The van der Waals surface area contributed by atoms with Crippen LogP contribution in [0.15, 0.2) is 0 Å². The van der Waals surface area contributed by atoms with Crippen molar-refractivity contribution >= 4 is 23.0 Å². The minimum atomic E-state index is 0.309. The molecule has 15 heavy (non-hydrogen) atoms. The molecule has 0 aliphatic heterocycles. The van der Waals surface area contributed by atoms with E-state index in [9.17, 15) is 0 Å². The standard InChI is InChI=1S/C11H24INO2/c1-11(2,3)8-10(9-13-4)14-6-5-7-15-12/h10,13H,5-9H2,1-4H3. The third-order valence-corrected chi connectivity index (χ3v) is 2.43. The molecule has 0 saturated heterocycles. The maximum absolute atomic E-state index is 5.81. The summed E-state index contributed by atoms with van der Waals surface area (Å²) in [5.74, 6) is 0. The average molecular weight is 329 g/mol. The van der Waals surface area contributed by atoms with E-state index in [0.29, 0.717) is 11.5 Å². The lowest BCUT2D eigenvalue weighted by molar-refractivity contribution is 0.0233. The molecular weight excluding hydrogens is 305 g/mol. The van der Waals surface area contributed by atoms with Gasteiger partial charge in [0.1, 0.15) is 23.0 Å². The lowest BCUT2D eigenvalue weighted by atomic mass is 9.89. The predicted octanol–water partition coefficient (Wildman–Crippen LogP) is 2.78. The monoisotopic (exact) mass is 329 g/mol. The fraction of sp³-hybridized carbons (Fsp3) is 1.00. The Hall–Kier alpha value is 0.610. The molecule has 0 spiro atoms. The van der Waals surface area contributed by atoms with Gasteiger partial charge < -0.3 is 13.1 Å². The molecule has 3 nitrogen and oxygen atoms in total. The van der Waals surface area contributed by atoms with Crippen molar-refractivity contribution in [1.29, 1.82) is 0 Å². The molecule has 92 valence electrons. The number of hydrogen-bond acceptors (Lipinski definition) is 3. The normalized spacial score (nSPS) is 14.2. The third kappa shape index (κ3) is 10.9. The molecule has 0 amide bonds. The number of halogens is 1. The minimum Gasteiger partial charge on any atom is -0.377 e. The maximum atomic E-state index is 5.81. The molecule has 1 N–H and O–H groups in total. The maximum Gasteiger partial charge on any atom is 0.109 e. The molecule has 0 radical (unpaired) electrons. The van der Waals surface area contributed by atoms with Gasteiger partial charge in [-0.25, -0.2) is 0 Å². The summed E-state index contributed by atoms with van der Waals surface area (Å²) in [6.07, 6.45) is 2.36. The molecule has 0 rings (SSSR count). The van der Waals surface area contributed by atoms with Crippen molar-refractivity contribution in [3.63, 3.8) is 0 Å². The highest BCUT2D eigenvalue weighted by Gasteiger charge is 2.18. The van der Waals surface area contributed by atoms with Crippen LogP contribution in [0.25, 0.3) is 0 Å². The van der Waals surface area contributed by atoms with Crippen LogP contribution in [0.3, 0.4) is 0 Å². The van der Waals surface area contributed by atoms with Gasteiger partial charge >= 0.3 is 0 Å². The van der Waals surface area contributed by atoms with Crippen molar-refractivity contribution in [3.05, 3.63) is 0 Å². The van der Waals surface area contributed by atoms with Gasteiger partial charge in [-0.15, -0.1) is 0 Å². The number of nitrogens with one attached hydrogen (secondary N) is 1. The van der Waals surface area contributed by atoms with Gasteiger partial charge in [-0.2, -0.15) is 0 Å². The zero-order chi connectivity index (χ0) is 11.7. The fourth-order valence-corrected chi connectivity index (χ4v) is 1.78. The van der Waals surface area contributed by atoms with Crippen LogP contribution in [0, 0.1) is 5.41 Å². The average Bonchev–Trinajstić information content (AvgIpc) is 2.10. The van der Waals surface area contributed by atoms with E-state index in [4.69, 9.17) is 7.80 Å². The molecule has 0 aromatic rings. The SMILES string of the molecule is CNCC(CC(C)(C)C)OCCCOI. The number of likely N-dealkylation sites (N-methyl/N-ethyl adjacent to an activating group) is 1. The quantitative estimate of drug-likeness (QED) is 0.549. The lowest BCUT2D eigenvalue weighted by Gasteiger charge is -2.26. The van der Waals surface area contributed by atoms with Crippen LogP contribution in [0.4, 0.5) is 0 Å². The van der Waals surface area contributed by atoms with Gasteiger partial charge in [0.2, 0.25) is 0 Å². The van der Waals surface area contributed by atoms with Crippen LogP contribution < -0.4 is 5.32 Å². The molecule has 1 atom stereocenters. The van der Waals surface area contributed by atoms with E-state index in [-0.39, 0.29) is 0 Å². The van der Waals surface area contributed by atoms with Gasteiger partial charge in [0.15, 0.2) is 0 Å². The third-order valence-electron chi connectivity index (χ3n) is 1.99. The first-order valence-electron chi connectivity index (χ1n) is 5.49. The van der Waals surface area contributed by atoms with Gasteiger partial charge in [-0.3, -0.25) is 0 Å². The highest BCUT2D eigenvalue weighted by Crippen LogP contribution is 2.22. The van der Waals surface area contributed by atoms with Crippen molar-refractivity contribution in [2.24, 2.45) is 5.41 Å². The summed E-state index contributed by atoms with van der Waals surface area (Å²) in [4.78, 5) is 0. The molecule has 0 aliphatic rings. The summed E-state index contributed by atoms with van der Waals surface area (Å²) in [5, 5.41) is 3.17. The highest BCUT2D eigenvalue weighted by molar-refractivity contribution is 14.1. The Bertz CT molecular complexity index is 148. The van der Waals surface area contributed by atoms with Crippen LogP contribution in [0.5, 0.6) is 0 Å². The Balaban J connectivity index is 3.73. The van der Waals surface area contributed by atoms with Crippen molar-refractivity contribution in [3.8, 4) is 0 Å². The van der Waals surface area contributed by atoms with Crippen LogP contribution in [-0.4, -0.2) is 32.9 Å². The predicted molar refractivity (Wildman–Crippen MR) is 72.3 cm³/mol. The molecule has 0 aliphatic carbocycles. The topological polar surface area (TPSA) is 30.5 Å². The first-order valence-corrected chi connectivity index (χ1v) is 6.37. The first kappa shape index (κ1) is 15.6. The van der Waals surface area contributed by atoms with E-state index in [1.165, 1.54) is 0 Å². The second kappa shape index (κ2) is 8.73. The number of rotatable bonds is 8. The van der Waals surface area contributed by atoms with Gasteiger partial charge in [-0.05, 0) is 25.3 Å². The Kier molecular flexibility index (Phi) is 9.08. The molecule has 1 unspecified atom stereocenters. The van der Waals surface area contributed by atoms with Crippen LogP contribution in [-0.2, 0) is 7.80 Å². The van der Waals surface area contributed by atoms with Gasteiger partial charge in [0.05, 0.1) is 12.7 Å². The highest BCUT2D eigenvalue weighted by atomic mass is 127. The number of ether oxygens (including phenoxy) is 1. The molecule has 0 fully saturated rings. The van der Waals surface area contributed by atoms with E-state index in [2.05, 4.69) is 26.1 Å². The molecular formula is C11H24INO2. The van der Waals surface area contributed by atoms with Gasteiger partial charge in [0.25, 0.3) is 0 Å². The molecule has 4 heteroatoms. The molecule has 0 aromatic heterocycles. The van der Waals surface area contributed by atoms with Gasteiger partial charge in [-0.1, -0.05) is 20.8 Å². The molecule has 0 heterocycles. The van der Waals surface area contributed by atoms with E-state index in [1.807, 2.05) is 30.1 Å². The second-order valence-corrected chi connectivity index (χ2v) is 5.60. The number of hydrogen-bond donors (Lipinski definition) is 1. The Morgan fingerprint density at radius 1 is 1.27 bits per heavy atom. The molecule has 0 aromatic carbocycles. The Morgan fingerprint density at radius 3 is 2.40 bits per heavy atom. The van der Waals surface area contributed by atoms with Crippen LogP contribution in [0.1, 0.15) is 33.6 Å². The second-order valence-electron chi connectivity index (χ2n) is 4.98. The van der Waals surface area contributed by atoms with Crippen molar-refractivity contribution in [1.82, 2.24) is 5.32 Å².